The molecule has 2 heterocycles. The predicted molar refractivity (Wildman–Crippen MR) is 100 cm³/mol. The van der Waals surface area contributed by atoms with Crippen LogP contribution >= 0.6 is 23.4 Å². The number of thioether (sulfide) groups is 1. The number of rotatable bonds is 6. The molecule has 2 amide bonds. The number of piperazine rings is 1. The van der Waals surface area contributed by atoms with Crippen molar-refractivity contribution in [1.82, 2.24) is 30.4 Å². The standard InChI is InChI=1S/C16H17ClN6O4S/c1-27-14(25)8-12-15(26)18-6-7-22(12)13(24)9-28-16-19-20-21-23(16)11-4-2-10(17)3-5-11/h2-5,12H,6-9H2,1H3,(H,18,26)/t12-/m0/s1. The van der Waals surface area contributed by atoms with Gasteiger partial charge in [0.2, 0.25) is 17.0 Å². The minimum Gasteiger partial charge on any atom is -0.469 e. The first-order valence-corrected chi connectivity index (χ1v) is 9.67. The van der Waals surface area contributed by atoms with E-state index in [9.17, 15) is 14.4 Å². The Bertz CT molecular complexity index is 874. The van der Waals surface area contributed by atoms with E-state index in [0.717, 1.165) is 11.8 Å². The third-order valence-electron chi connectivity index (χ3n) is 4.08. The molecule has 0 aliphatic carbocycles. The fraction of sp³-hybridized carbons (Fsp3) is 0.375. The van der Waals surface area contributed by atoms with Crippen LogP contribution in [0.2, 0.25) is 5.02 Å². The van der Waals surface area contributed by atoms with Crippen LogP contribution in [-0.4, -0.2) is 74.9 Å². The van der Waals surface area contributed by atoms with E-state index in [-0.39, 0.29) is 24.0 Å². The Morgan fingerprint density at radius 2 is 2.11 bits per heavy atom. The smallest absolute Gasteiger partial charge is 0.308 e. The van der Waals surface area contributed by atoms with E-state index >= 15 is 0 Å². The maximum absolute atomic E-state index is 12.7. The highest BCUT2D eigenvalue weighted by atomic mass is 35.5. The number of carbonyl (C=O) groups excluding carboxylic acids is 3. The zero-order valence-corrected chi connectivity index (χ0v) is 16.4. The number of nitrogens with one attached hydrogen (secondary N) is 1. The van der Waals surface area contributed by atoms with Crippen molar-refractivity contribution in [2.75, 3.05) is 26.0 Å². The number of hydrogen-bond donors (Lipinski definition) is 1. The number of nitrogens with zero attached hydrogens (tertiary/aromatic N) is 5. The van der Waals surface area contributed by atoms with E-state index in [1.807, 2.05) is 0 Å². The fourth-order valence-corrected chi connectivity index (χ4v) is 3.58. The first kappa shape index (κ1) is 20.1. The van der Waals surface area contributed by atoms with E-state index in [4.69, 9.17) is 11.6 Å². The van der Waals surface area contributed by atoms with Crippen LogP contribution in [0, 0.1) is 0 Å². The van der Waals surface area contributed by atoms with Gasteiger partial charge in [0.15, 0.2) is 0 Å². The molecule has 148 valence electrons. The Hall–Kier alpha value is -2.66. The van der Waals surface area contributed by atoms with Gasteiger partial charge in [-0.05, 0) is 34.7 Å². The van der Waals surface area contributed by atoms with E-state index in [1.54, 1.807) is 24.3 Å². The Labute approximate surface area is 169 Å². The van der Waals surface area contributed by atoms with Crippen molar-refractivity contribution >= 4 is 41.1 Å². The third kappa shape index (κ3) is 4.60. The van der Waals surface area contributed by atoms with Crippen molar-refractivity contribution in [3.8, 4) is 5.69 Å². The lowest BCUT2D eigenvalue weighted by Crippen LogP contribution is -2.58. The van der Waals surface area contributed by atoms with Crippen LogP contribution in [0.1, 0.15) is 6.42 Å². The van der Waals surface area contributed by atoms with Gasteiger partial charge < -0.3 is 15.0 Å². The molecule has 2 aromatic rings. The van der Waals surface area contributed by atoms with Crippen LogP contribution in [0.4, 0.5) is 0 Å². The lowest BCUT2D eigenvalue weighted by molar-refractivity contribution is -0.149. The van der Waals surface area contributed by atoms with Gasteiger partial charge in [-0.25, -0.2) is 0 Å². The second kappa shape index (κ2) is 9.02. The number of methoxy groups -OCH3 is 1. The summed E-state index contributed by atoms with van der Waals surface area (Å²) in [4.78, 5) is 37.7. The van der Waals surface area contributed by atoms with Crippen LogP contribution in [0.15, 0.2) is 29.4 Å². The minimum absolute atomic E-state index is 0.0128. The largest absolute Gasteiger partial charge is 0.469 e. The highest BCUT2D eigenvalue weighted by molar-refractivity contribution is 7.99. The average Bonchev–Trinajstić information content (AvgIpc) is 3.16. The van der Waals surface area contributed by atoms with Crippen LogP contribution in [-0.2, 0) is 19.1 Å². The molecule has 0 bridgehead atoms. The highest BCUT2D eigenvalue weighted by Crippen LogP contribution is 2.21. The number of hydrogen-bond acceptors (Lipinski definition) is 8. The second-order valence-corrected chi connectivity index (χ2v) is 7.19. The summed E-state index contributed by atoms with van der Waals surface area (Å²) in [6, 6.07) is 6.04. The Morgan fingerprint density at radius 3 is 2.82 bits per heavy atom. The molecule has 1 aliphatic rings. The van der Waals surface area contributed by atoms with Gasteiger partial charge in [0.1, 0.15) is 6.04 Å². The molecule has 3 rings (SSSR count). The van der Waals surface area contributed by atoms with Crippen molar-refractivity contribution in [2.24, 2.45) is 0 Å². The normalized spacial score (nSPS) is 16.6. The third-order valence-corrected chi connectivity index (χ3v) is 5.23. The first-order valence-electron chi connectivity index (χ1n) is 8.30. The van der Waals surface area contributed by atoms with Gasteiger partial charge in [0.05, 0.1) is 25.0 Å². The molecule has 0 saturated carbocycles. The maximum Gasteiger partial charge on any atom is 0.308 e. The van der Waals surface area contributed by atoms with Gasteiger partial charge in [-0.1, -0.05) is 23.4 Å². The maximum atomic E-state index is 12.7. The van der Waals surface area contributed by atoms with Crippen molar-refractivity contribution in [2.45, 2.75) is 17.6 Å². The fourth-order valence-electron chi connectivity index (χ4n) is 2.68. The number of tetrazole rings is 1. The number of aromatic nitrogens is 4. The molecular formula is C16H17ClN6O4S. The molecule has 1 N–H and O–H groups in total. The molecule has 28 heavy (non-hydrogen) atoms. The molecule has 0 unspecified atom stereocenters. The van der Waals surface area contributed by atoms with Gasteiger partial charge >= 0.3 is 5.97 Å². The van der Waals surface area contributed by atoms with Crippen LogP contribution < -0.4 is 5.32 Å². The lowest BCUT2D eigenvalue weighted by atomic mass is 10.1. The van der Waals surface area contributed by atoms with E-state index < -0.39 is 12.0 Å². The molecule has 0 spiro atoms. The molecule has 1 aromatic heterocycles. The predicted octanol–water partition coefficient (Wildman–Crippen LogP) is 0.298. The molecule has 1 fully saturated rings. The molecule has 1 atom stereocenters. The number of ether oxygens (including phenoxy) is 1. The lowest BCUT2D eigenvalue weighted by Gasteiger charge is -2.34. The SMILES string of the molecule is COC(=O)C[C@H]1C(=O)NCCN1C(=O)CSc1nnnn1-c1ccc(Cl)cc1. The van der Waals surface area contributed by atoms with Crippen molar-refractivity contribution in [1.29, 1.82) is 0 Å². The summed E-state index contributed by atoms with van der Waals surface area (Å²) in [6.07, 6.45) is -0.193. The molecule has 1 aromatic carbocycles. The zero-order valence-electron chi connectivity index (χ0n) is 14.9. The van der Waals surface area contributed by atoms with E-state index in [0.29, 0.717) is 29.0 Å². The minimum atomic E-state index is -0.887. The van der Waals surface area contributed by atoms with Crippen LogP contribution in [0.5, 0.6) is 0 Å². The number of esters is 1. The highest BCUT2D eigenvalue weighted by Gasteiger charge is 2.35. The summed E-state index contributed by atoms with van der Waals surface area (Å²) in [5.41, 5.74) is 0.699. The number of amides is 2. The van der Waals surface area contributed by atoms with Crippen molar-refractivity contribution in [3.05, 3.63) is 29.3 Å². The topological polar surface area (TPSA) is 119 Å². The van der Waals surface area contributed by atoms with Gasteiger partial charge in [-0.15, -0.1) is 5.10 Å². The molecular weight excluding hydrogens is 408 g/mol. The van der Waals surface area contributed by atoms with Crippen molar-refractivity contribution in [3.63, 3.8) is 0 Å². The second-order valence-electron chi connectivity index (χ2n) is 5.81. The van der Waals surface area contributed by atoms with Gasteiger partial charge in [0.25, 0.3) is 0 Å². The van der Waals surface area contributed by atoms with Crippen LogP contribution in [0.25, 0.3) is 5.69 Å². The summed E-state index contributed by atoms with van der Waals surface area (Å²) in [5, 5.41) is 15.2. The Balaban J connectivity index is 1.68. The monoisotopic (exact) mass is 424 g/mol. The number of benzene rings is 1. The molecule has 12 heteroatoms. The zero-order chi connectivity index (χ0) is 20.1. The first-order chi connectivity index (χ1) is 13.5. The molecule has 1 aliphatic heterocycles. The summed E-state index contributed by atoms with van der Waals surface area (Å²) in [5.74, 6) is -1.21. The number of halogens is 1. The van der Waals surface area contributed by atoms with E-state index in [1.165, 1.54) is 16.7 Å². The Kier molecular flexibility index (Phi) is 6.47. The number of carbonyl (C=O) groups is 3. The summed E-state index contributed by atoms with van der Waals surface area (Å²) in [7, 11) is 1.24. The quantitative estimate of drug-likeness (QED) is 0.519. The molecule has 0 radical (unpaired) electrons. The van der Waals surface area contributed by atoms with Gasteiger partial charge in [-0.2, -0.15) is 4.68 Å². The summed E-state index contributed by atoms with van der Waals surface area (Å²) < 4.78 is 6.11. The summed E-state index contributed by atoms with van der Waals surface area (Å²) in [6.45, 7) is 0.643. The molecule has 1 saturated heterocycles. The van der Waals surface area contributed by atoms with E-state index in [2.05, 4.69) is 25.6 Å². The van der Waals surface area contributed by atoms with Crippen LogP contribution in [0.3, 0.4) is 0 Å². The van der Waals surface area contributed by atoms with Gasteiger partial charge in [0, 0.05) is 18.1 Å². The average molecular weight is 425 g/mol. The summed E-state index contributed by atoms with van der Waals surface area (Å²) >= 11 is 7.03. The molecule has 10 nitrogen and oxygen atoms in total. The Morgan fingerprint density at radius 1 is 1.36 bits per heavy atom. The van der Waals surface area contributed by atoms with Crippen molar-refractivity contribution < 1.29 is 19.1 Å². The van der Waals surface area contributed by atoms with Gasteiger partial charge in [-0.3, -0.25) is 14.4 Å².